The number of hydrogen-bond acceptors (Lipinski definition) is 10. The molecule has 6 rings (SSSR count). The Bertz CT molecular complexity index is 1510. The number of carbonyl (C=O) groups is 1. The highest BCUT2D eigenvalue weighted by Gasteiger charge is 2.37. The molecule has 2 N–H and O–H groups in total. The predicted octanol–water partition coefficient (Wildman–Crippen LogP) is 3.47. The number of amides is 1. The summed E-state index contributed by atoms with van der Waals surface area (Å²) >= 11 is 6.93. The molecule has 4 heterocycles. The SMILES string of the molecule is COC(=O)N1CC(N2CCC(c3cc(C#N)cc(Nc4nc(NC5CC5)c5ncc(C#N)n5n4)c3Cl)CC2)C1. The van der Waals surface area contributed by atoms with Gasteiger partial charge in [0.25, 0.3) is 0 Å². The molecule has 0 radical (unpaired) electrons. The maximum absolute atomic E-state index is 11.7. The van der Waals surface area contributed by atoms with Gasteiger partial charge in [0.2, 0.25) is 5.95 Å². The standard InChI is InChI=1S/C26H27ClN10O2/c1-39-26(38)36-13-19(14-36)35-6-4-16(5-7-35)20-8-15(10-28)9-21(22(20)27)32-25-33-23(31-17-2-3-17)24-30-12-18(11-29)37(24)34-25/h8-9,12,16-17,19H,2-7,13-14H2,1H3,(H2,31,32,33,34). The van der Waals surface area contributed by atoms with Crippen molar-refractivity contribution in [3.05, 3.63) is 40.2 Å². The van der Waals surface area contributed by atoms with E-state index in [0.717, 1.165) is 44.3 Å². The highest BCUT2D eigenvalue weighted by Crippen LogP contribution is 2.39. The van der Waals surface area contributed by atoms with Crippen LogP contribution in [0.5, 0.6) is 0 Å². The summed E-state index contributed by atoms with van der Waals surface area (Å²) in [6.45, 7) is 3.13. The third kappa shape index (κ3) is 4.89. The van der Waals surface area contributed by atoms with Gasteiger partial charge in [-0.15, -0.1) is 5.10 Å². The molecule has 13 heteroatoms. The third-order valence-electron chi connectivity index (χ3n) is 7.65. The van der Waals surface area contributed by atoms with Gasteiger partial charge in [-0.25, -0.2) is 9.78 Å². The van der Waals surface area contributed by atoms with Crippen LogP contribution in [0.4, 0.5) is 22.2 Å². The number of anilines is 3. The van der Waals surface area contributed by atoms with Crippen molar-refractivity contribution in [3.63, 3.8) is 0 Å². The molecule has 3 aromatic rings. The van der Waals surface area contributed by atoms with Crippen molar-refractivity contribution in [1.29, 1.82) is 10.5 Å². The van der Waals surface area contributed by atoms with Gasteiger partial charge in [-0.1, -0.05) is 11.6 Å². The number of nitrogens with one attached hydrogen (secondary N) is 2. The predicted molar refractivity (Wildman–Crippen MR) is 143 cm³/mol. The average Bonchev–Trinajstić information content (AvgIpc) is 3.65. The van der Waals surface area contributed by atoms with Crippen LogP contribution in [0.2, 0.25) is 5.02 Å². The number of likely N-dealkylation sites (tertiary alicyclic amines) is 2. The third-order valence-corrected chi connectivity index (χ3v) is 8.07. The lowest BCUT2D eigenvalue weighted by Gasteiger charge is -2.47. The van der Waals surface area contributed by atoms with E-state index in [0.29, 0.717) is 58.6 Å². The Morgan fingerprint density at radius 1 is 1.15 bits per heavy atom. The summed E-state index contributed by atoms with van der Waals surface area (Å²) in [5.41, 5.74) is 2.72. The Hall–Kier alpha value is -4.13. The molecule has 2 saturated heterocycles. The topological polar surface area (TPSA) is 148 Å². The van der Waals surface area contributed by atoms with Crippen LogP contribution in [0.15, 0.2) is 18.3 Å². The second-order valence-corrected chi connectivity index (χ2v) is 10.6. The number of hydrogen-bond donors (Lipinski definition) is 2. The first-order chi connectivity index (χ1) is 19.0. The second-order valence-electron chi connectivity index (χ2n) is 10.2. The smallest absolute Gasteiger partial charge is 0.409 e. The minimum atomic E-state index is -0.281. The van der Waals surface area contributed by atoms with E-state index >= 15 is 0 Å². The van der Waals surface area contributed by atoms with Crippen LogP contribution in [0.3, 0.4) is 0 Å². The number of carbonyl (C=O) groups excluding carboxylic acids is 1. The molecule has 1 amide bonds. The van der Waals surface area contributed by atoms with E-state index in [1.165, 1.54) is 17.8 Å². The van der Waals surface area contributed by atoms with Crippen molar-refractivity contribution in [2.24, 2.45) is 0 Å². The summed E-state index contributed by atoms with van der Waals surface area (Å²) in [4.78, 5) is 24.7. The monoisotopic (exact) mass is 546 g/mol. The number of nitrogens with zero attached hydrogens (tertiary/aromatic N) is 8. The van der Waals surface area contributed by atoms with Crippen LogP contribution < -0.4 is 10.6 Å². The van der Waals surface area contributed by atoms with Gasteiger partial charge in [0.05, 0.1) is 35.6 Å². The van der Waals surface area contributed by atoms with Crippen LogP contribution >= 0.6 is 11.6 Å². The Morgan fingerprint density at radius 3 is 2.59 bits per heavy atom. The van der Waals surface area contributed by atoms with Crippen LogP contribution in [0, 0.1) is 22.7 Å². The number of imidazole rings is 1. The van der Waals surface area contributed by atoms with Crippen molar-refractivity contribution >= 4 is 40.8 Å². The summed E-state index contributed by atoms with van der Waals surface area (Å²) in [6.07, 6.45) is 5.07. The average molecular weight is 547 g/mol. The highest BCUT2D eigenvalue weighted by molar-refractivity contribution is 6.34. The molecule has 1 saturated carbocycles. The molecule has 12 nitrogen and oxygen atoms in total. The van der Waals surface area contributed by atoms with Gasteiger partial charge >= 0.3 is 6.09 Å². The number of methoxy groups -OCH3 is 1. The Labute approximate surface area is 230 Å². The Balaban J connectivity index is 1.22. The quantitative estimate of drug-likeness (QED) is 0.470. The lowest BCUT2D eigenvalue weighted by molar-refractivity contribution is 0.0188. The van der Waals surface area contributed by atoms with Crippen molar-refractivity contribution in [2.75, 3.05) is 43.9 Å². The van der Waals surface area contributed by atoms with Crippen molar-refractivity contribution in [1.82, 2.24) is 29.4 Å². The summed E-state index contributed by atoms with van der Waals surface area (Å²) in [5, 5.41) is 30.8. The number of nitriles is 2. The number of benzene rings is 1. The summed E-state index contributed by atoms with van der Waals surface area (Å²) < 4.78 is 6.26. The van der Waals surface area contributed by atoms with E-state index in [-0.39, 0.29) is 18.0 Å². The Morgan fingerprint density at radius 2 is 1.92 bits per heavy atom. The van der Waals surface area contributed by atoms with Gasteiger partial charge in [0, 0.05) is 25.2 Å². The van der Waals surface area contributed by atoms with Gasteiger partial charge in [-0.2, -0.15) is 20.0 Å². The van der Waals surface area contributed by atoms with E-state index < -0.39 is 0 Å². The maximum Gasteiger partial charge on any atom is 0.409 e. The molecule has 3 fully saturated rings. The molecule has 2 aromatic heterocycles. The molecule has 0 spiro atoms. The Kier molecular flexibility index (Phi) is 6.59. The fraction of sp³-hybridized carbons (Fsp3) is 0.462. The number of halogens is 1. The van der Waals surface area contributed by atoms with E-state index in [4.69, 9.17) is 16.3 Å². The highest BCUT2D eigenvalue weighted by atomic mass is 35.5. The van der Waals surface area contributed by atoms with Gasteiger partial charge in [-0.05, 0) is 62.4 Å². The molecule has 200 valence electrons. The maximum atomic E-state index is 11.7. The van der Waals surface area contributed by atoms with Crippen molar-refractivity contribution in [2.45, 2.75) is 43.7 Å². The normalized spacial score (nSPS) is 18.3. The van der Waals surface area contributed by atoms with E-state index in [2.05, 4.69) is 42.7 Å². The van der Waals surface area contributed by atoms with E-state index in [1.807, 2.05) is 6.07 Å². The number of rotatable bonds is 6. The van der Waals surface area contributed by atoms with Crippen LogP contribution in [0.25, 0.3) is 5.65 Å². The fourth-order valence-corrected chi connectivity index (χ4v) is 5.60. The van der Waals surface area contributed by atoms with Crippen LogP contribution in [0.1, 0.15) is 48.4 Å². The summed E-state index contributed by atoms with van der Waals surface area (Å²) in [5.74, 6) is 0.977. The molecule has 0 bridgehead atoms. The fourth-order valence-electron chi connectivity index (χ4n) is 5.29. The lowest BCUT2D eigenvalue weighted by atomic mass is 9.87. The first-order valence-corrected chi connectivity index (χ1v) is 13.3. The van der Waals surface area contributed by atoms with E-state index in [9.17, 15) is 15.3 Å². The minimum absolute atomic E-state index is 0.189. The van der Waals surface area contributed by atoms with E-state index in [1.54, 1.807) is 11.0 Å². The van der Waals surface area contributed by atoms with Gasteiger partial charge in [-0.3, -0.25) is 4.90 Å². The zero-order chi connectivity index (χ0) is 27.1. The minimum Gasteiger partial charge on any atom is -0.453 e. The van der Waals surface area contributed by atoms with Crippen molar-refractivity contribution in [3.8, 4) is 12.1 Å². The second kappa shape index (κ2) is 10.2. The molecule has 0 atom stereocenters. The van der Waals surface area contributed by atoms with Gasteiger partial charge in [0.15, 0.2) is 17.2 Å². The molecule has 2 aliphatic heterocycles. The van der Waals surface area contributed by atoms with Crippen LogP contribution in [-0.4, -0.2) is 80.8 Å². The zero-order valence-electron chi connectivity index (χ0n) is 21.4. The molecule has 39 heavy (non-hydrogen) atoms. The summed E-state index contributed by atoms with van der Waals surface area (Å²) in [7, 11) is 1.40. The molecular formula is C26H27ClN10O2. The van der Waals surface area contributed by atoms with Gasteiger partial charge in [0.1, 0.15) is 6.07 Å². The molecule has 3 aliphatic rings. The van der Waals surface area contributed by atoms with Gasteiger partial charge < -0.3 is 20.3 Å². The first kappa shape index (κ1) is 25.2. The van der Waals surface area contributed by atoms with Crippen LogP contribution in [-0.2, 0) is 4.74 Å². The molecular weight excluding hydrogens is 520 g/mol. The lowest BCUT2D eigenvalue weighted by Crippen LogP contribution is -2.62. The largest absolute Gasteiger partial charge is 0.453 e. The summed E-state index contributed by atoms with van der Waals surface area (Å²) in [6, 6.07) is 8.58. The number of fused-ring (bicyclic) bond motifs is 1. The van der Waals surface area contributed by atoms with Crippen molar-refractivity contribution < 1.29 is 9.53 Å². The number of piperidine rings is 1. The first-order valence-electron chi connectivity index (χ1n) is 13.0. The zero-order valence-corrected chi connectivity index (χ0v) is 22.1. The molecule has 1 aliphatic carbocycles. The molecule has 0 unspecified atom stereocenters. The number of ether oxygens (including phenoxy) is 1. The number of aromatic nitrogens is 4. The molecule has 1 aromatic carbocycles.